The Morgan fingerprint density at radius 1 is 1.16 bits per heavy atom. The van der Waals surface area contributed by atoms with Gasteiger partial charge in [-0.2, -0.15) is 5.10 Å². The van der Waals surface area contributed by atoms with Crippen molar-refractivity contribution in [2.45, 2.75) is 58.3 Å². The zero-order valence-corrected chi connectivity index (χ0v) is 22.4. The molecule has 2 aliphatic rings. The van der Waals surface area contributed by atoms with Crippen LogP contribution in [0.15, 0.2) is 42.9 Å². The van der Waals surface area contributed by atoms with Gasteiger partial charge in [-0.05, 0) is 64.4 Å². The van der Waals surface area contributed by atoms with Crippen LogP contribution in [0.25, 0.3) is 11.3 Å². The van der Waals surface area contributed by atoms with E-state index in [-0.39, 0.29) is 17.6 Å². The van der Waals surface area contributed by atoms with Gasteiger partial charge in [-0.25, -0.2) is 9.97 Å². The molecule has 1 N–H and O–H groups in total. The highest BCUT2D eigenvalue weighted by atomic mass is 16.5. The van der Waals surface area contributed by atoms with Gasteiger partial charge in [0.15, 0.2) is 0 Å². The molecule has 3 aromatic rings. The predicted molar refractivity (Wildman–Crippen MR) is 144 cm³/mol. The molecule has 0 radical (unpaired) electrons. The van der Waals surface area contributed by atoms with Crippen molar-refractivity contribution in [2.75, 3.05) is 38.5 Å². The van der Waals surface area contributed by atoms with Crippen molar-refractivity contribution in [1.29, 1.82) is 0 Å². The number of nitrogens with zero attached hydrogens (tertiary/aromatic N) is 6. The third-order valence-electron chi connectivity index (χ3n) is 6.90. The highest BCUT2D eigenvalue weighted by Gasteiger charge is 2.33. The van der Waals surface area contributed by atoms with Gasteiger partial charge in [-0.3, -0.25) is 9.48 Å². The third-order valence-corrected chi connectivity index (χ3v) is 6.90. The molecule has 0 aliphatic carbocycles. The molecule has 0 bridgehead atoms. The molecule has 0 spiro atoms. The molecule has 0 unspecified atom stereocenters. The molecule has 4 heterocycles. The summed E-state index contributed by atoms with van der Waals surface area (Å²) in [5, 5.41) is 7.75. The first-order valence-corrected chi connectivity index (χ1v) is 13.0. The number of carbonyl (C=O) groups is 1. The number of benzene rings is 1. The number of hydrogen-bond acceptors (Lipinski definition) is 7. The van der Waals surface area contributed by atoms with Gasteiger partial charge in [0.1, 0.15) is 0 Å². The summed E-state index contributed by atoms with van der Waals surface area (Å²) in [7, 11) is 2.11. The van der Waals surface area contributed by atoms with E-state index < -0.39 is 0 Å². The van der Waals surface area contributed by atoms with Gasteiger partial charge in [0.25, 0.3) is 0 Å². The molecule has 2 fully saturated rings. The number of hydrogen-bond donors (Lipinski definition) is 1. The number of aromatic nitrogens is 4. The summed E-state index contributed by atoms with van der Waals surface area (Å²) in [5.41, 5.74) is 4.92. The summed E-state index contributed by atoms with van der Waals surface area (Å²) in [6.07, 6.45) is 6.97. The molecule has 9 heteroatoms. The van der Waals surface area contributed by atoms with Gasteiger partial charge in [0, 0.05) is 50.6 Å². The number of amides is 1. The summed E-state index contributed by atoms with van der Waals surface area (Å²) >= 11 is 0. The molecule has 1 amide bonds. The second kappa shape index (κ2) is 10.2. The Bertz CT molecular complexity index is 1250. The minimum atomic E-state index is -0.171. The van der Waals surface area contributed by atoms with E-state index in [0.29, 0.717) is 31.5 Å². The average molecular weight is 504 g/mol. The van der Waals surface area contributed by atoms with Crippen LogP contribution in [0.2, 0.25) is 0 Å². The van der Waals surface area contributed by atoms with Crippen molar-refractivity contribution < 1.29 is 9.53 Å². The number of ether oxygens (including phenoxy) is 1. The number of likely N-dealkylation sites (tertiary alicyclic amines) is 2. The fraction of sp³-hybridized carbons (Fsp3) is 0.500. The first kappa shape index (κ1) is 25.4. The number of carbonyl (C=O) groups excluding carboxylic acids is 1. The number of anilines is 2. The Morgan fingerprint density at radius 3 is 2.65 bits per heavy atom. The summed E-state index contributed by atoms with van der Waals surface area (Å²) in [6, 6.07) is 8.65. The maximum Gasteiger partial charge on any atom is 0.227 e. The lowest BCUT2D eigenvalue weighted by atomic mass is 9.99. The quantitative estimate of drug-likeness (QED) is 0.500. The zero-order chi connectivity index (χ0) is 26.2. The Kier molecular flexibility index (Phi) is 7.00. The first-order valence-electron chi connectivity index (χ1n) is 13.0. The molecular formula is C28H37N7O2. The van der Waals surface area contributed by atoms with Crippen LogP contribution in [0, 0.1) is 6.92 Å². The average Bonchev–Trinajstić information content (AvgIpc) is 3.25. The van der Waals surface area contributed by atoms with Gasteiger partial charge in [0.05, 0.1) is 35.3 Å². The molecule has 37 heavy (non-hydrogen) atoms. The SMILES string of the molecule is Cc1cc(-c2ccnc(Nc3cnn(C4CN(C)C4)c3)n2)ccc1CCC(=O)N1CC(OC(C)(C)C)C1. The molecule has 5 rings (SSSR count). The minimum absolute atomic E-state index is 0.151. The smallest absolute Gasteiger partial charge is 0.227 e. The van der Waals surface area contributed by atoms with Crippen molar-refractivity contribution in [3.8, 4) is 11.3 Å². The van der Waals surface area contributed by atoms with Crippen LogP contribution in [0.5, 0.6) is 0 Å². The van der Waals surface area contributed by atoms with E-state index in [9.17, 15) is 4.79 Å². The first-order chi connectivity index (χ1) is 17.6. The number of nitrogens with one attached hydrogen (secondary N) is 1. The Labute approximate surface area is 218 Å². The van der Waals surface area contributed by atoms with Crippen molar-refractivity contribution >= 4 is 17.5 Å². The summed E-state index contributed by atoms with van der Waals surface area (Å²) in [4.78, 5) is 25.9. The van der Waals surface area contributed by atoms with Crippen molar-refractivity contribution in [3.05, 3.63) is 54.0 Å². The maximum atomic E-state index is 12.6. The predicted octanol–water partition coefficient (Wildman–Crippen LogP) is 3.84. The minimum Gasteiger partial charge on any atom is -0.369 e. The second-order valence-corrected chi connectivity index (χ2v) is 11.3. The van der Waals surface area contributed by atoms with E-state index >= 15 is 0 Å². The maximum absolute atomic E-state index is 12.6. The van der Waals surface area contributed by atoms with Gasteiger partial charge in [-0.1, -0.05) is 12.1 Å². The number of aryl methyl sites for hydroxylation is 2. The topological polar surface area (TPSA) is 88.4 Å². The summed E-state index contributed by atoms with van der Waals surface area (Å²) in [6.45, 7) is 11.6. The van der Waals surface area contributed by atoms with E-state index in [0.717, 1.165) is 42.0 Å². The molecule has 0 saturated carbocycles. The van der Waals surface area contributed by atoms with Crippen molar-refractivity contribution in [2.24, 2.45) is 0 Å². The van der Waals surface area contributed by atoms with Crippen LogP contribution in [0.1, 0.15) is 44.4 Å². The molecule has 9 nitrogen and oxygen atoms in total. The number of likely N-dealkylation sites (N-methyl/N-ethyl adjacent to an activating group) is 1. The van der Waals surface area contributed by atoms with Gasteiger partial charge in [0.2, 0.25) is 11.9 Å². The Balaban J connectivity index is 1.16. The van der Waals surface area contributed by atoms with E-state index in [1.807, 2.05) is 48.8 Å². The largest absolute Gasteiger partial charge is 0.369 e. The van der Waals surface area contributed by atoms with Crippen LogP contribution in [-0.4, -0.2) is 80.4 Å². The molecule has 1 aromatic carbocycles. The normalized spacial score (nSPS) is 16.9. The highest BCUT2D eigenvalue weighted by molar-refractivity contribution is 5.77. The van der Waals surface area contributed by atoms with E-state index in [2.05, 4.69) is 52.5 Å². The fourth-order valence-electron chi connectivity index (χ4n) is 4.90. The summed E-state index contributed by atoms with van der Waals surface area (Å²) < 4.78 is 7.94. The monoisotopic (exact) mass is 503 g/mol. The van der Waals surface area contributed by atoms with Crippen LogP contribution >= 0.6 is 0 Å². The molecule has 0 atom stereocenters. The van der Waals surface area contributed by atoms with Crippen LogP contribution in [0.4, 0.5) is 11.6 Å². The Morgan fingerprint density at radius 2 is 1.95 bits per heavy atom. The molecule has 2 aliphatic heterocycles. The van der Waals surface area contributed by atoms with Gasteiger partial charge < -0.3 is 19.9 Å². The lowest BCUT2D eigenvalue weighted by Crippen LogP contribution is -2.56. The van der Waals surface area contributed by atoms with Gasteiger partial charge in [-0.15, -0.1) is 0 Å². The van der Waals surface area contributed by atoms with Gasteiger partial charge >= 0.3 is 0 Å². The molecule has 2 saturated heterocycles. The Hall–Kier alpha value is -3.30. The molecule has 2 aromatic heterocycles. The standard InChI is InChI=1S/C28H37N7O2/c1-19-12-21(7-6-20(19)8-9-26(36)34-17-24(18-34)37-28(2,3)4)25-10-11-29-27(32-25)31-22-13-30-35(14-22)23-15-33(5)16-23/h6-7,10-14,23-24H,8-9,15-18H2,1-5H3,(H,29,31,32). The second-order valence-electron chi connectivity index (χ2n) is 11.3. The van der Waals surface area contributed by atoms with Crippen LogP contribution < -0.4 is 5.32 Å². The van der Waals surface area contributed by atoms with Crippen molar-refractivity contribution in [3.63, 3.8) is 0 Å². The summed E-state index contributed by atoms with van der Waals surface area (Å²) in [5.74, 6) is 0.731. The van der Waals surface area contributed by atoms with E-state index in [1.165, 1.54) is 5.56 Å². The zero-order valence-electron chi connectivity index (χ0n) is 22.4. The fourth-order valence-corrected chi connectivity index (χ4v) is 4.90. The van der Waals surface area contributed by atoms with Crippen LogP contribution in [0.3, 0.4) is 0 Å². The van der Waals surface area contributed by atoms with E-state index in [4.69, 9.17) is 9.72 Å². The lowest BCUT2D eigenvalue weighted by Gasteiger charge is -2.42. The van der Waals surface area contributed by atoms with Crippen molar-refractivity contribution in [1.82, 2.24) is 29.5 Å². The lowest BCUT2D eigenvalue weighted by molar-refractivity contribution is -0.157. The molecular weight excluding hydrogens is 466 g/mol. The molecule has 196 valence electrons. The highest BCUT2D eigenvalue weighted by Crippen LogP contribution is 2.25. The van der Waals surface area contributed by atoms with Crippen LogP contribution in [-0.2, 0) is 16.0 Å². The third kappa shape index (κ3) is 6.17. The van der Waals surface area contributed by atoms with E-state index in [1.54, 1.807) is 6.20 Å². The number of rotatable bonds is 8.